The van der Waals surface area contributed by atoms with Crippen molar-refractivity contribution in [2.45, 2.75) is 5.97 Å². The summed E-state index contributed by atoms with van der Waals surface area (Å²) in [5.74, 6) is -2.73. The van der Waals surface area contributed by atoms with Crippen molar-refractivity contribution in [2.75, 3.05) is 0 Å². The van der Waals surface area contributed by atoms with Crippen LogP contribution in [0, 0.1) is 0 Å². The molecular formula is C9H10O3. The van der Waals surface area contributed by atoms with Gasteiger partial charge in [0.15, 0.2) is 0 Å². The van der Waals surface area contributed by atoms with Crippen molar-refractivity contribution in [3.8, 4) is 0 Å². The second-order valence-electron chi connectivity index (χ2n) is 2.43. The van der Waals surface area contributed by atoms with E-state index in [1.807, 2.05) is 18.2 Å². The quantitative estimate of drug-likeness (QED) is 0.555. The Balaban J connectivity index is 2.71. The highest BCUT2D eigenvalue weighted by Crippen LogP contribution is 2.04. The maximum Gasteiger partial charge on any atom is 0.297 e. The van der Waals surface area contributed by atoms with Gasteiger partial charge in [-0.1, -0.05) is 36.4 Å². The predicted molar refractivity (Wildman–Crippen MR) is 44.9 cm³/mol. The molecule has 3 nitrogen and oxygen atoms in total. The lowest BCUT2D eigenvalue weighted by Gasteiger charge is -2.06. The fourth-order valence-electron chi connectivity index (χ4n) is 0.772. The summed E-state index contributed by atoms with van der Waals surface area (Å²) in [4.78, 5) is 0. The molecule has 0 saturated heterocycles. The van der Waals surface area contributed by atoms with Crippen LogP contribution < -0.4 is 0 Å². The fourth-order valence-corrected chi connectivity index (χ4v) is 0.772. The van der Waals surface area contributed by atoms with Crippen molar-refractivity contribution in [1.29, 1.82) is 0 Å². The Bertz CT molecular complexity index is 259. The highest BCUT2D eigenvalue weighted by Gasteiger charge is 2.10. The first-order valence-electron chi connectivity index (χ1n) is 3.49. The zero-order valence-corrected chi connectivity index (χ0v) is 6.38. The molecule has 12 heavy (non-hydrogen) atoms. The van der Waals surface area contributed by atoms with Gasteiger partial charge in [-0.25, -0.2) is 0 Å². The Morgan fingerprint density at radius 3 is 2.08 bits per heavy atom. The van der Waals surface area contributed by atoms with Crippen LogP contribution in [0.25, 0.3) is 6.08 Å². The highest BCUT2D eigenvalue weighted by atomic mass is 16.7. The van der Waals surface area contributed by atoms with Gasteiger partial charge in [-0.05, 0) is 5.56 Å². The van der Waals surface area contributed by atoms with E-state index in [4.69, 9.17) is 15.3 Å². The van der Waals surface area contributed by atoms with E-state index in [1.54, 1.807) is 12.1 Å². The van der Waals surface area contributed by atoms with E-state index in [0.29, 0.717) is 0 Å². The maximum atomic E-state index is 8.50. The predicted octanol–water partition coefficient (Wildman–Crippen LogP) is 0.331. The van der Waals surface area contributed by atoms with E-state index in [1.165, 1.54) is 6.08 Å². The summed E-state index contributed by atoms with van der Waals surface area (Å²) in [6, 6.07) is 9.03. The average molecular weight is 166 g/mol. The third kappa shape index (κ3) is 3.30. The molecule has 0 bridgehead atoms. The number of aliphatic hydroxyl groups is 3. The van der Waals surface area contributed by atoms with Crippen LogP contribution in [-0.4, -0.2) is 21.3 Å². The molecule has 0 amide bonds. The van der Waals surface area contributed by atoms with Crippen LogP contribution in [0.2, 0.25) is 0 Å². The standard InChI is InChI=1S/C9H10O3/c10-9(11,12)7-6-8-4-2-1-3-5-8/h1-7,10-12H. The molecular weight excluding hydrogens is 156 g/mol. The average Bonchev–Trinajstić information content (AvgIpc) is 2.02. The maximum absolute atomic E-state index is 8.50. The lowest BCUT2D eigenvalue weighted by Crippen LogP contribution is -2.22. The zero-order chi connectivity index (χ0) is 9.03. The topological polar surface area (TPSA) is 60.7 Å². The lowest BCUT2D eigenvalue weighted by molar-refractivity contribution is -0.272. The number of rotatable bonds is 2. The second-order valence-corrected chi connectivity index (χ2v) is 2.43. The largest absolute Gasteiger partial charge is 0.340 e. The van der Waals surface area contributed by atoms with Gasteiger partial charge in [0, 0.05) is 6.08 Å². The van der Waals surface area contributed by atoms with Gasteiger partial charge in [-0.15, -0.1) is 0 Å². The van der Waals surface area contributed by atoms with E-state index in [0.717, 1.165) is 11.6 Å². The molecule has 0 spiro atoms. The van der Waals surface area contributed by atoms with Crippen molar-refractivity contribution in [1.82, 2.24) is 0 Å². The van der Waals surface area contributed by atoms with Gasteiger partial charge < -0.3 is 15.3 Å². The lowest BCUT2D eigenvalue weighted by atomic mass is 10.2. The normalized spacial score (nSPS) is 12.2. The second kappa shape index (κ2) is 3.49. The van der Waals surface area contributed by atoms with Crippen LogP contribution in [0.5, 0.6) is 0 Å². The first-order valence-corrected chi connectivity index (χ1v) is 3.49. The van der Waals surface area contributed by atoms with Crippen molar-refractivity contribution >= 4 is 6.08 Å². The summed E-state index contributed by atoms with van der Waals surface area (Å²) < 4.78 is 0. The van der Waals surface area contributed by atoms with E-state index < -0.39 is 5.97 Å². The van der Waals surface area contributed by atoms with Crippen LogP contribution in [-0.2, 0) is 0 Å². The minimum absolute atomic E-state index is 0.791. The molecule has 0 atom stereocenters. The molecule has 3 heteroatoms. The van der Waals surface area contributed by atoms with Gasteiger partial charge in [-0.3, -0.25) is 0 Å². The van der Waals surface area contributed by atoms with Crippen LogP contribution in [0.3, 0.4) is 0 Å². The molecule has 1 rings (SSSR count). The molecule has 0 aliphatic rings. The third-order valence-corrected chi connectivity index (χ3v) is 1.30. The highest BCUT2D eigenvalue weighted by molar-refractivity contribution is 5.49. The summed E-state index contributed by atoms with van der Waals surface area (Å²) in [7, 11) is 0. The third-order valence-electron chi connectivity index (χ3n) is 1.30. The summed E-state index contributed by atoms with van der Waals surface area (Å²) in [5, 5.41) is 25.5. The Morgan fingerprint density at radius 1 is 1.00 bits per heavy atom. The SMILES string of the molecule is OC(O)(O)C=Cc1ccccc1. The van der Waals surface area contributed by atoms with Gasteiger partial charge in [-0.2, -0.15) is 0 Å². The molecule has 0 radical (unpaired) electrons. The van der Waals surface area contributed by atoms with E-state index in [2.05, 4.69) is 0 Å². The van der Waals surface area contributed by atoms with Crippen molar-refractivity contribution < 1.29 is 15.3 Å². The van der Waals surface area contributed by atoms with E-state index >= 15 is 0 Å². The molecule has 1 aromatic carbocycles. The van der Waals surface area contributed by atoms with Gasteiger partial charge >= 0.3 is 0 Å². The van der Waals surface area contributed by atoms with E-state index in [9.17, 15) is 0 Å². The number of hydrogen-bond acceptors (Lipinski definition) is 3. The molecule has 0 aliphatic carbocycles. The molecule has 1 aromatic rings. The first-order chi connectivity index (χ1) is 5.58. The van der Waals surface area contributed by atoms with Gasteiger partial charge in [0.25, 0.3) is 5.97 Å². The molecule has 0 saturated carbocycles. The molecule has 0 fully saturated rings. The van der Waals surface area contributed by atoms with E-state index in [-0.39, 0.29) is 0 Å². The van der Waals surface area contributed by atoms with Crippen molar-refractivity contribution in [2.24, 2.45) is 0 Å². The van der Waals surface area contributed by atoms with Gasteiger partial charge in [0.1, 0.15) is 0 Å². The van der Waals surface area contributed by atoms with Crippen LogP contribution in [0.1, 0.15) is 5.56 Å². The van der Waals surface area contributed by atoms with Crippen LogP contribution in [0.4, 0.5) is 0 Å². The zero-order valence-electron chi connectivity index (χ0n) is 6.38. The number of benzene rings is 1. The molecule has 0 heterocycles. The van der Waals surface area contributed by atoms with Gasteiger partial charge in [0.05, 0.1) is 0 Å². The molecule has 64 valence electrons. The van der Waals surface area contributed by atoms with Gasteiger partial charge in [0.2, 0.25) is 0 Å². The minimum atomic E-state index is -2.73. The monoisotopic (exact) mass is 166 g/mol. The Kier molecular flexibility index (Phi) is 2.60. The molecule has 0 aliphatic heterocycles. The van der Waals surface area contributed by atoms with Crippen molar-refractivity contribution in [3.63, 3.8) is 0 Å². The van der Waals surface area contributed by atoms with Crippen LogP contribution in [0.15, 0.2) is 36.4 Å². The summed E-state index contributed by atoms with van der Waals surface area (Å²) >= 11 is 0. The summed E-state index contributed by atoms with van der Waals surface area (Å²) in [6.45, 7) is 0. The minimum Gasteiger partial charge on any atom is -0.340 e. The van der Waals surface area contributed by atoms with Crippen molar-refractivity contribution in [3.05, 3.63) is 42.0 Å². The molecule has 3 N–H and O–H groups in total. The molecule has 0 aromatic heterocycles. The van der Waals surface area contributed by atoms with Crippen LogP contribution >= 0.6 is 0 Å². The Morgan fingerprint density at radius 2 is 1.58 bits per heavy atom. The smallest absolute Gasteiger partial charge is 0.297 e. The summed E-state index contributed by atoms with van der Waals surface area (Å²) in [5.41, 5.74) is 0.791. The fraction of sp³-hybridized carbons (Fsp3) is 0.111. The Hall–Kier alpha value is -1.16. The summed E-state index contributed by atoms with van der Waals surface area (Å²) in [6.07, 6.45) is 2.31. The number of hydrogen-bond donors (Lipinski definition) is 3. The Labute approximate surface area is 70.2 Å². The first kappa shape index (κ1) is 8.93. The molecule has 0 unspecified atom stereocenters.